The third kappa shape index (κ3) is 3.96. The van der Waals surface area contributed by atoms with Crippen LogP contribution in [0, 0.1) is 6.92 Å². The fraction of sp³-hybridized carbons (Fsp3) is 0.368. The third-order valence-corrected chi connectivity index (χ3v) is 7.54. The fourth-order valence-electron chi connectivity index (χ4n) is 3.81. The van der Waals surface area contributed by atoms with Crippen molar-refractivity contribution in [3.8, 4) is 0 Å². The molecule has 2 aliphatic heterocycles. The summed E-state index contributed by atoms with van der Waals surface area (Å²) in [7, 11) is 3.03. The van der Waals surface area contributed by atoms with Gasteiger partial charge in [-0.1, -0.05) is 5.16 Å². The van der Waals surface area contributed by atoms with E-state index in [0.29, 0.717) is 17.1 Å². The third-order valence-electron chi connectivity index (χ3n) is 5.52. The number of nitrogens with zero attached hydrogens (tertiary/aromatic N) is 5. The molecule has 4 rings (SSSR count). The number of carbonyl (C=O) groups is 3. The molecule has 5 N–H and O–H groups in total. The molecule has 2 atom stereocenters. The summed E-state index contributed by atoms with van der Waals surface area (Å²) in [5, 5.41) is 19.5. The van der Waals surface area contributed by atoms with E-state index in [1.807, 2.05) is 6.92 Å². The van der Waals surface area contributed by atoms with Crippen LogP contribution in [0.2, 0.25) is 0 Å². The molecule has 0 radical (unpaired) electrons. The van der Waals surface area contributed by atoms with Crippen LogP contribution >= 0.6 is 23.1 Å². The molecule has 0 unspecified atom stereocenters. The smallest absolute Gasteiger partial charge is 0.276 e. The maximum absolute atomic E-state index is 12.9. The van der Waals surface area contributed by atoms with E-state index in [9.17, 15) is 19.5 Å². The van der Waals surface area contributed by atoms with E-state index >= 15 is 0 Å². The molecule has 13 nitrogen and oxygen atoms in total. The number of anilines is 2. The zero-order valence-electron chi connectivity index (χ0n) is 18.5. The number of rotatable bonds is 7. The van der Waals surface area contributed by atoms with Gasteiger partial charge < -0.3 is 31.5 Å². The number of fused-ring (bicyclic) bond motifs is 1. The van der Waals surface area contributed by atoms with Gasteiger partial charge in [-0.05, 0) is 6.92 Å². The van der Waals surface area contributed by atoms with Crippen LogP contribution in [0.3, 0.4) is 0 Å². The molecule has 2 aliphatic rings. The van der Waals surface area contributed by atoms with Gasteiger partial charge in [0.05, 0.1) is 24.3 Å². The molecule has 0 aliphatic carbocycles. The lowest BCUT2D eigenvalue weighted by Crippen LogP contribution is -2.71. The number of carboxylic acid groups (broad SMARTS) is 1. The minimum absolute atomic E-state index is 0.146. The second kappa shape index (κ2) is 8.98. The molecule has 180 valence electrons. The van der Waals surface area contributed by atoms with Crippen LogP contribution in [0.4, 0.5) is 10.9 Å². The molecule has 2 aromatic heterocycles. The highest BCUT2D eigenvalue weighted by molar-refractivity contribution is 8.00. The predicted octanol–water partition coefficient (Wildman–Crippen LogP) is -2.30. The lowest BCUT2D eigenvalue weighted by Gasteiger charge is -2.50. The standard InChI is InChI=1S/C19H22N8O5S2/c1-8-4-26(25(2)14(8)20)5-9-6-33-17-12(16(29)27(17)13(9)18(30)31)23-15(28)11(24-32-3)10-7-34-19(21)22-10/h4,7,12,17,20H,5-6H2,1-3H3,(H4,21,22,23,28,30,31)/t12-,17-/m1/s1. The van der Waals surface area contributed by atoms with E-state index in [4.69, 9.17) is 16.3 Å². The van der Waals surface area contributed by atoms with Gasteiger partial charge in [-0.3, -0.25) is 14.5 Å². The van der Waals surface area contributed by atoms with Crippen molar-refractivity contribution < 1.29 is 29.0 Å². The van der Waals surface area contributed by atoms with Crippen molar-refractivity contribution >= 4 is 57.5 Å². The summed E-state index contributed by atoms with van der Waals surface area (Å²) >= 11 is 2.46. The second-order valence-corrected chi connectivity index (χ2v) is 9.61. The minimum atomic E-state index is -1.46. The Kier molecular flexibility index (Phi) is 6.22. The molecule has 2 aromatic rings. The number of hydrogen-bond acceptors (Lipinski definition) is 11. The maximum atomic E-state index is 12.9. The Bertz CT molecular complexity index is 1250. The van der Waals surface area contributed by atoms with E-state index in [0.717, 1.165) is 21.8 Å². The van der Waals surface area contributed by atoms with Crippen molar-refractivity contribution in [3.63, 3.8) is 0 Å². The molecule has 2 amide bonds. The van der Waals surface area contributed by atoms with Gasteiger partial charge in [0.1, 0.15) is 24.2 Å². The quantitative estimate of drug-likeness (QED) is 0.161. The highest BCUT2D eigenvalue weighted by atomic mass is 32.2. The summed E-state index contributed by atoms with van der Waals surface area (Å²) in [5.74, 6) is -1.85. The number of aryl methyl sites for hydroxylation is 1. The van der Waals surface area contributed by atoms with Crippen molar-refractivity contribution in [3.05, 3.63) is 34.1 Å². The predicted molar refractivity (Wildman–Crippen MR) is 122 cm³/mol. The Morgan fingerprint density at radius 3 is 2.74 bits per heavy atom. The fourth-order valence-corrected chi connectivity index (χ4v) is 5.70. The Hall–Kier alpha value is -3.59. The lowest BCUT2D eigenvalue weighted by atomic mass is 10.0. The normalized spacial score (nSPS) is 20.1. The van der Waals surface area contributed by atoms with Crippen molar-refractivity contribution in [1.29, 1.82) is 0 Å². The summed E-state index contributed by atoms with van der Waals surface area (Å²) < 4.78 is 3.47. The van der Waals surface area contributed by atoms with Crippen LogP contribution in [0.5, 0.6) is 0 Å². The molecule has 0 aromatic carbocycles. The van der Waals surface area contributed by atoms with Gasteiger partial charge in [-0.15, -0.1) is 32.5 Å². The number of amides is 2. The van der Waals surface area contributed by atoms with Gasteiger partial charge in [0.2, 0.25) is 6.20 Å². The number of thiazole rings is 1. The van der Waals surface area contributed by atoms with Gasteiger partial charge >= 0.3 is 0 Å². The first-order valence-corrected chi connectivity index (χ1v) is 11.9. The summed E-state index contributed by atoms with van der Waals surface area (Å²) in [4.78, 5) is 47.7. The Morgan fingerprint density at radius 2 is 2.18 bits per heavy atom. The number of β-lactam (4-membered cyclic amide) rings is 1. The van der Waals surface area contributed by atoms with Gasteiger partial charge in [-0.2, -0.15) is 0 Å². The SMILES string of the molecule is CON=C(C(=O)N[C@@H]1C(=O)N2C(C(=O)[O-])=C(C[n+]3cc(C)c(N)n3C)CS[C@H]12)c1csc(N)n1. The number of carbonyl (C=O) groups excluding carboxylic acids is 3. The molecule has 0 saturated carbocycles. The summed E-state index contributed by atoms with van der Waals surface area (Å²) in [6, 6.07) is -0.952. The molecule has 4 heterocycles. The molecule has 34 heavy (non-hydrogen) atoms. The summed E-state index contributed by atoms with van der Waals surface area (Å²) in [5.41, 5.74) is 12.8. The van der Waals surface area contributed by atoms with Gasteiger partial charge in [0.25, 0.3) is 11.8 Å². The molecule has 1 saturated heterocycles. The van der Waals surface area contributed by atoms with Crippen LogP contribution in [0.1, 0.15) is 11.3 Å². The summed E-state index contributed by atoms with van der Waals surface area (Å²) in [6.07, 6.45) is 1.80. The van der Waals surface area contributed by atoms with Crippen LogP contribution in [-0.4, -0.2) is 62.3 Å². The van der Waals surface area contributed by atoms with Crippen molar-refractivity contribution in [1.82, 2.24) is 19.9 Å². The first kappa shape index (κ1) is 23.6. The first-order chi connectivity index (χ1) is 16.1. The number of hydrogen-bond donors (Lipinski definition) is 3. The minimum Gasteiger partial charge on any atom is -0.543 e. The maximum Gasteiger partial charge on any atom is 0.276 e. The van der Waals surface area contributed by atoms with E-state index < -0.39 is 29.2 Å². The highest BCUT2D eigenvalue weighted by Gasteiger charge is 2.53. The Morgan fingerprint density at radius 1 is 1.44 bits per heavy atom. The van der Waals surface area contributed by atoms with Gasteiger partial charge in [-0.25, -0.2) is 4.98 Å². The summed E-state index contributed by atoms with van der Waals surface area (Å²) in [6.45, 7) is 2.06. The largest absolute Gasteiger partial charge is 0.543 e. The first-order valence-electron chi connectivity index (χ1n) is 9.97. The number of oxime groups is 1. The highest BCUT2D eigenvalue weighted by Crippen LogP contribution is 2.40. The van der Waals surface area contributed by atoms with Crippen molar-refractivity contribution in [2.45, 2.75) is 24.9 Å². The second-order valence-electron chi connectivity index (χ2n) is 7.61. The van der Waals surface area contributed by atoms with Crippen LogP contribution in [-0.2, 0) is 32.8 Å². The van der Waals surface area contributed by atoms with E-state index in [1.165, 1.54) is 24.3 Å². The number of aliphatic carboxylic acids is 1. The van der Waals surface area contributed by atoms with Gasteiger partial charge in [0.15, 0.2) is 23.2 Å². The molecule has 0 spiro atoms. The van der Waals surface area contributed by atoms with Crippen molar-refractivity contribution in [2.24, 2.45) is 12.2 Å². The van der Waals surface area contributed by atoms with Crippen LogP contribution < -0.4 is 26.6 Å². The van der Waals surface area contributed by atoms with Crippen molar-refractivity contribution in [2.75, 3.05) is 24.3 Å². The Labute approximate surface area is 202 Å². The van der Waals surface area contributed by atoms with Gasteiger partial charge in [0, 0.05) is 16.7 Å². The Balaban J connectivity index is 1.55. The average molecular weight is 507 g/mol. The topological polar surface area (TPSA) is 185 Å². The number of nitrogens with two attached hydrogens (primary N) is 2. The number of nitrogens with one attached hydrogen (secondary N) is 1. The van der Waals surface area contributed by atoms with Crippen LogP contribution in [0.25, 0.3) is 0 Å². The van der Waals surface area contributed by atoms with E-state index in [-0.39, 0.29) is 28.8 Å². The molecule has 0 bridgehead atoms. The zero-order valence-corrected chi connectivity index (χ0v) is 20.1. The molecular weight excluding hydrogens is 484 g/mol. The number of nitrogen functional groups attached to an aromatic ring is 2. The molecule has 1 fully saturated rings. The average Bonchev–Trinajstić information content (AvgIpc) is 3.33. The lowest BCUT2D eigenvalue weighted by molar-refractivity contribution is -0.765. The van der Waals surface area contributed by atoms with Crippen LogP contribution in [0.15, 0.2) is 28.0 Å². The molecule has 15 heteroatoms. The monoisotopic (exact) mass is 506 g/mol. The molecular formula is C19H22N8O5S2. The van der Waals surface area contributed by atoms with E-state index in [1.54, 1.807) is 22.6 Å². The zero-order chi connectivity index (χ0) is 24.7. The number of aromatic nitrogens is 3. The number of carboxylic acids is 1. The van der Waals surface area contributed by atoms with E-state index in [2.05, 4.69) is 15.5 Å². The number of thioether (sulfide) groups is 1.